The fourth-order valence-electron chi connectivity index (χ4n) is 3.06. The molecule has 2 amide bonds. The van der Waals surface area contributed by atoms with Gasteiger partial charge in [-0.1, -0.05) is 12.1 Å². The van der Waals surface area contributed by atoms with Crippen molar-refractivity contribution in [3.05, 3.63) is 24.3 Å². The normalized spacial score (nSPS) is 18.9. The van der Waals surface area contributed by atoms with Crippen LogP contribution in [0.3, 0.4) is 0 Å². The summed E-state index contributed by atoms with van der Waals surface area (Å²) < 4.78 is 5.59. The fraction of sp³-hybridized carbons (Fsp3) is 0.500. The van der Waals surface area contributed by atoms with E-state index in [4.69, 9.17) is 4.74 Å². The standard InChI is InChI=1S/C16H20N2O3/c1-12(19)17-8-6-13(7-9-17)16(20)18-10-11-21-15-5-3-2-4-14(15)18/h2-5,13H,6-11H2,1H3. The van der Waals surface area contributed by atoms with E-state index in [0.29, 0.717) is 26.2 Å². The molecular formula is C16H20N2O3. The quantitative estimate of drug-likeness (QED) is 0.790. The summed E-state index contributed by atoms with van der Waals surface area (Å²) in [6.07, 6.45) is 1.50. The van der Waals surface area contributed by atoms with Crippen LogP contribution in [0.15, 0.2) is 24.3 Å². The number of nitrogens with zero attached hydrogens (tertiary/aromatic N) is 2. The van der Waals surface area contributed by atoms with Gasteiger partial charge in [-0.15, -0.1) is 0 Å². The van der Waals surface area contributed by atoms with Gasteiger partial charge in [0.1, 0.15) is 12.4 Å². The first-order valence-corrected chi connectivity index (χ1v) is 7.45. The van der Waals surface area contributed by atoms with Crippen molar-refractivity contribution in [3.8, 4) is 5.75 Å². The van der Waals surface area contributed by atoms with E-state index in [1.54, 1.807) is 6.92 Å². The van der Waals surface area contributed by atoms with Crippen LogP contribution < -0.4 is 9.64 Å². The van der Waals surface area contributed by atoms with E-state index in [0.717, 1.165) is 24.3 Å². The van der Waals surface area contributed by atoms with E-state index >= 15 is 0 Å². The van der Waals surface area contributed by atoms with Crippen molar-refractivity contribution >= 4 is 17.5 Å². The van der Waals surface area contributed by atoms with Crippen LogP contribution in [0.1, 0.15) is 19.8 Å². The highest BCUT2D eigenvalue weighted by Crippen LogP contribution is 2.33. The number of piperidine rings is 1. The third-order valence-corrected chi connectivity index (χ3v) is 4.28. The monoisotopic (exact) mass is 288 g/mol. The molecule has 1 aromatic carbocycles. The Kier molecular flexibility index (Phi) is 3.82. The molecule has 2 aliphatic rings. The maximum Gasteiger partial charge on any atom is 0.230 e. The average molecular weight is 288 g/mol. The van der Waals surface area contributed by atoms with E-state index in [2.05, 4.69) is 0 Å². The maximum atomic E-state index is 12.8. The Morgan fingerprint density at radius 2 is 1.86 bits per heavy atom. The zero-order valence-electron chi connectivity index (χ0n) is 12.2. The van der Waals surface area contributed by atoms with E-state index in [9.17, 15) is 9.59 Å². The van der Waals surface area contributed by atoms with Crippen LogP contribution in [0.5, 0.6) is 5.75 Å². The van der Waals surface area contributed by atoms with Gasteiger partial charge in [-0.05, 0) is 25.0 Å². The SMILES string of the molecule is CC(=O)N1CCC(C(=O)N2CCOc3ccccc32)CC1. The molecule has 5 nitrogen and oxygen atoms in total. The largest absolute Gasteiger partial charge is 0.490 e. The molecule has 0 N–H and O–H groups in total. The molecule has 1 fully saturated rings. The van der Waals surface area contributed by atoms with Gasteiger partial charge < -0.3 is 14.5 Å². The average Bonchev–Trinajstić information content (AvgIpc) is 2.53. The smallest absolute Gasteiger partial charge is 0.230 e. The number of carbonyl (C=O) groups excluding carboxylic acids is 2. The highest BCUT2D eigenvalue weighted by molar-refractivity contribution is 5.97. The lowest BCUT2D eigenvalue weighted by atomic mass is 9.94. The number of para-hydroxylation sites is 2. The first-order chi connectivity index (χ1) is 10.2. The Balaban J connectivity index is 1.71. The summed E-state index contributed by atoms with van der Waals surface area (Å²) >= 11 is 0. The third-order valence-electron chi connectivity index (χ3n) is 4.28. The van der Waals surface area contributed by atoms with Crippen molar-refractivity contribution in [2.75, 3.05) is 31.1 Å². The van der Waals surface area contributed by atoms with E-state index < -0.39 is 0 Å². The summed E-state index contributed by atoms with van der Waals surface area (Å²) in [7, 11) is 0. The summed E-state index contributed by atoms with van der Waals surface area (Å²) in [5.41, 5.74) is 0.864. The van der Waals surface area contributed by atoms with Gasteiger partial charge in [-0.2, -0.15) is 0 Å². The number of carbonyl (C=O) groups is 2. The number of fused-ring (bicyclic) bond motifs is 1. The molecule has 21 heavy (non-hydrogen) atoms. The number of ether oxygens (including phenoxy) is 1. The van der Waals surface area contributed by atoms with Gasteiger partial charge in [0.25, 0.3) is 0 Å². The zero-order valence-corrected chi connectivity index (χ0v) is 12.2. The second-order valence-corrected chi connectivity index (χ2v) is 5.59. The molecule has 2 aliphatic heterocycles. The molecule has 0 radical (unpaired) electrons. The van der Waals surface area contributed by atoms with Crippen LogP contribution in [0.25, 0.3) is 0 Å². The van der Waals surface area contributed by atoms with Gasteiger partial charge in [0.05, 0.1) is 12.2 Å². The van der Waals surface area contributed by atoms with Crippen molar-refractivity contribution < 1.29 is 14.3 Å². The van der Waals surface area contributed by atoms with Crippen LogP contribution in [0.4, 0.5) is 5.69 Å². The number of benzene rings is 1. The van der Waals surface area contributed by atoms with Crippen LogP contribution in [0, 0.1) is 5.92 Å². The predicted octanol–water partition coefficient (Wildman–Crippen LogP) is 1.67. The van der Waals surface area contributed by atoms with E-state index in [1.807, 2.05) is 34.1 Å². The number of hydrogen-bond acceptors (Lipinski definition) is 3. The molecular weight excluding hydrogens is 268 g/mol. The lowest BCUT2D eigenvalue weighted by Crippen LogP contribution is -2.46. The van der Waals surface area contributed by atoms with Crippen molar-refractivity contribution in [2.24, 2.45) is 5.92 Å². The van der Waals surface area contributed by atoms with Gasteiger partial charge in [0.2, 0.25) is 11.8 Å². The lowest BCUT2D eigenvalue weighted by Gasteiger charge is -2.36. The zero-order chi connectivity index (χ0) is 14.8. The van der Waals surface area contributed by atoms with Crippen molar-refractivity contribution in [3.63, 3.8) is 0 Å². The van der Waals surface area contributed by atoms with E-state index in [1.165, 1.54) is 0 Å². The van der Waals surface area contributed by atoms with Crippen molar-refractivity contribution in [1.29, 1.82) is 0 Å². The predicted molar refractivity (Wildman–Crippen MR) is 79.3 cm³/mol. The lowest BCUT2D eigenvalue weighted by molar-refractivity contribution is -0.133. The molecule has 0 spiro atoms. The molecule has 1 saturated heterocycles. The molecule has 0 bridgehead atoms. The first kappa shape index (κ1) is 13.9. The van der Waals surface area contributed by atoms with Gasteiger partial charge in [-0.3, -0.25) is 9.59 Å². The minimum absolute atomic E-state index is 0.00626. The Hall–Kier alpha value is -2.04. The number of rotatable bonds is 1. The van der Waals surface area contributed by atoms with Gasteiger partial charge in [0.15, 0.2) is 0 Å². The summed E-state index contributed by atoms with van der Waals surface area (Å²) in [6, 6.07) is 7.66. The minimum atomic E-state index is 0.00626. The van der Waals surface area contributed by atoms with Crippen LogP contribution >= 0.6 is 0 Å². The molecule has 2 heterocycles. The third kappa shape index (κ3) is 2.73. The summed E-state index contributed by atoms with van der Waals surface area (Å²) in [5, 5.41) is 0. The molecule has 0 aromatic heterocycles. The van der Waals surface area contributed by atoms with E-state index in [-0.39, 0.29) is 17.7 Å². The molecule has 0 atom stereocenters. The van der Waals surface area contributed by atoms with Crippen molar-refractivity contribution in [2.45, 2.75) is 19.8 Å². The van der Waals surface area contributed by atoms with Gasteiger partial charge in [-0.25, -0.2) is 0 Å². The van der Waals surface area contributed by atoms with Crippen LogP contribution in [-0.4, -0.2) is 43.0 Å². The highest BCUT2D eigenvalue weighted by Gasteiger charge is 2.32. The number of hydrogen-bond donors (Lipinski definition) is 0. The molecule has 112 valence electrons. The Morgan fingerprint density at radius 3 is 2.57 bits per heavy atom. The molecule has 1 aromatic rings. The number of anilines is 1. The summed E-state index contributed by atoms with van der Waals surface area (Å²) in [5.74, 6) is 1.04. The Morgan fingerprint density at radius 1 is 1.14 bits per heavy atom. The molecule has 0 unspecified atom stereocenters. The summed E-state index contributed by atoms with van der Waals surface area (Å²) in [4.78, 5) is 27.8. The molecule has 5 heteroatoms. The maximum absolute atomic E-state index is 12.8. The second-order valence-electron chi connectivity index (χ2n) is 5.59. The topological polar surface area (TPSA) is 49.9 Å². The first-order valence-electron chi connectivity index (χ1n) is 7.45. The summed E-state index contributed by atoms with van der Waals surface area (Å²) in [6.45, 7) is 4.08. The highest BCUT2D eigenvalue weighted by atomic mass is 16.5. The Labute approximate surface area is 124 Å². The number of amides is 2. The molecule has 0 aliphatic carbocycles. The molecule has 3 rings (SSSR count). The fourth-order valence-corrected chi connectivity index (χ4v) is 3.06. The van der Waals surface area contributed by atoms with Crippen LogP contribution in [0.2, 0.25) is 0 Å². The minimum Gasteiger partial charge on any atom is -0.490 e. The van der Waals surface area contributed by atoms with Gasteiger partial charge >= 0.3 is 0 Å². The van der Waals surface area contributed by atoms with Gasteiger partial charge in [0, 0.05) is 25.9 Å². The Bertz CT molecular complexity index is 550. The van der Waals surface area contributed by atoms with Crippen molar-refractivity contribution in [1.82, 2.24) is 4.90 Å². The number of likely N-dealkylation sites (tertiary alicyclic amines) is 1. The molecule has 0 saturated carbocycles. The van der Waals surface area contributed by atoms with Crippen LogP contribution in [-0.2, 0) is 9.59 Å². The second kappa shape index (κ2) is 5.76.